The monoisotopic (exact) mass is 451 g/mol. The molecule has 2 atom stereocenters. The summed E-state index contributed by atoms with van der Waals surface area (Å²) in [4.78, 5) is 31.4. The number of thioether (sulfide) groups is 1. The number of benzene rings is 1. The lowest BCUT2D eigenvalue weighted by Gasteiger charge is -2.24. The first-order valence-electron chi connectivity index (χ1n) is 9.97. The first-order valence-corrected chi connectivity index (χ1v) is 10.9. The van der Waals surface area contributed by atoms with E-state index in [2.05, 4.69) is 10.3 Å². The number of hydrogen-bond donors (Lipinski definition) is 1. The topological polar surface area (TPSA) is 62.3 Å². The van der Waals surface area contributed by atoms with Crippen molar-refractivity contribution >= 4 is 23.6 Å². The van der Waals surface area contributed by atoms with Gasteiger partial charge in [0.15, 0.2) is 5.25 Å². The van der Waals surface area contributed by atoms with Crippen LogP contribution >= 0.6 is 11.8 Å². The highest BCUT2D eigenvalue weighted by Gasteiger charge is 2.45. The number of amides is 2. The molecule has 9 heteroatoms. The Balaban J connectivity index is 1.86. The van der Waals surface area contributed by atoms with Crippen molar-refractivity contribution in [2.24, 2.45) is 5.92 Å². The van der Waals surface area contributed by atoms with E-state index in [-0.39, 0.29) is 12.5 Å². The third kappa shape index (κ3) is 5.78. The molecule has 2 amide bonds. The van der Waals surface area contributed by atoms with Crippen LogP contribution in [0.15, 0.2) is 48.7 Å². The number of pyridine rings is 1. The Labute approximate surface area is 183 Å². The van der Waals surface area contributed by atoms with Crippen molar-refractivity contribution in [3.63, 3.8) is 0 Å². The molecule has 1 aromatic heterocycles. The van der Waals surface area contributed by atoms with E-state index in [1.54, 1.807) is 18.3 Å². The van der Waals surface area contributed by atoms with Crippen molar-refractivity contribution in [1.29, 1.82) is 0 Å². The van der Waals surface area contributed by atoms with Crippen LogP contribution in [-0.4, -0.2) is 40.0 Å². The molecule has 1 aliphatic rings. The van der Waals surface area contributed by atoms with E-state index in [0.717, 1.165) is 29.6 Å². The summed E-state index contributed by atoms with van der Waals surface area (Å²) in [6, 6.07) is 10.4. The minimum absolute atomic E-state index is 0.213. The van der Waals surface area contributed by atoms with Gasteiger partial charge in [0.05, 0.1) is 5.56 Å². The molecule has 0 saturated carbocycles. The normalized spacial score (nSPS) is 19.2. The Kier molecular flexibility index (Phi) is 7.25. The maximum absolute atomic E-state index is 13.2. The van der Waals surface area contributed by atoms with Crippen molar-refractivity contribution < 1.29 is 22.8 Å². The molecule has 2 aromatic rings. The summed E-state index contributed by atoms with van der Waals surface area (Å²) in [7, 11) is 0. The van der Waals surface area contributed by atoms with Crippen LogP contribution < -0.4 is 5.32 Å². The van der Waals surface area contributed by atoms with Gasteiger partial charge in [-0.05, 0) is 35.7 Å². The summed E-state index contributed by atoms with van der Waals surface area (Å²) in [5.41, 5.74) is 0.319. The van der Waals surface area contributed by atoms with Gasteiger partial charge in [0.25, 0.3) is 0 Å². The zero-order chi connectivity index (χ0) is 22.6. The van der Waals surface area contributed by atoms with Crippen LogP contribution in [-0.2, 0) is 22.2 Å². The first-order chi connectivity index (χ1) is 14.7. The molecular weight excluding hydrogens is 427 g/mol. The molecule has 31 heavy (non-hydrogen) atoms. The van der Waals surface area contributed by atoms with E-state index in [4.69, 9.17) is 0 Å². The average molecular weight is 452 g/mol. The van der Waals surface area contributed by atoms with Gasteiger partial charge >= 0.3 is 6.18 Å². The van der Waals surface area contributed by atoms with E-state index < -0.39 is 34.2 Å². The number of hydrogen-bond acceptors (Lipinski definition) is 4. The molecule has 0 radical (unpaired) electrons. The molecule has 1 N–H and O–H groups in total. The number of aromatic nitrogens is 1. The highest BCUT2D eigenvalue weighted by Crippen LogP contribution is 2.44. The van der Waals surface area contributed by atoms with Crippen molar-refractivity contribution in [3.8, 4) is 0 Å². The minimum Gasteiger partial charge on any atom is -0.354 e. The van der Waals surface area contributed by atoms with Gasteiger partial charge in [-0.3, -0.25) is 14.6 Å². The predicted octanol–water partition coefficient (Wildman–Crippen LogP) is 4.06. The number of carbonyl (C=O) groups is 2. The van der Waals surface area contributed by atoms with Crippen molar-refractivity contribution in [1.82, 2.24) is 15.2 Å². The molecule has 1 saturated heterocycles. The number of nitrogens with one attached hydrogen (secondary N) is 1. The Hall–Kier alpha value is -2.55. The number of nitrogens with zero attached hydrogens (tertiary/aromatic N) is 2. The van der Waals surface area contributed by atoms with Crippen LogP contribution in [0.25, 0.3) is 0 Å². The summed E-state index contributed by atoms with van der Waals surface area (Å²) in [6.45, 7) is 4.55. The van der Waals surface area contributed by atoms with Gasteiger partial charge in [0.1, 0.15) is 5.37 Å². The molecule has 0 spiro atoms. The maximum Gasteiger partial charge on any atom is 0.416 e. The maximum atomic E-state index is 13.2. The van der Waals surface area contributed by atoms with Crippen LogP contribution in [0.3, 0.4) is 0 Å². The van der Waals surface area contributed by atoms with E-state index in [1.807, 2.05) is 26.0 Å². The molecule has 5 nitrogen and oxygen atoms in total. The van der Waals surface area contributed by atoms with Gasteiger partial charge in [0.2, 0.25) is 11.8 Å². The van der Waals surface area contributed by atoms with Gasteiger partial charge in [0, 0.05) is 31.4 Å². The summed E-state index contributed by atoms with van der Waals surface area (Å²) in [6.07, 6.45) is -2.42. The number of rotatable bonds is 7. The summed E-state index contributed by atoms with van der Waals surface area (Å²) < 4.78 is 39.7. The molecule has 2 unspecified atom stereocenters. The SMILES string of the molecule is CC(C)CNC(=O)C1SC(c2cccc(C(F)(F)F)c2)N(CCc2ccccn2)C1=O. The van der Waals surface area contributed by atoms with Gasteiger partial charge in [-0.2, -0.15) is 13.2 Å². The molecule has 2 heterocycles. The van der Waals surface area contributed by atoms with E-state index in [9.17, 15) is 22.8 Å². The fraction of sp³-hybridized carbons (Fsp3) is 0.409. The largest absolute Gasteiger partial charge is 0.416 e. The van der Waals surface area contributed by atoms with Crippen LogP contribution in [0.5, 0.6) is 0 Å². The Morgan fingerprint density at radius 3 is 2.65 bits per heavy atom. The average Bonchev–Trinajstić information content (AvgIpc) is 3.07. The highest BCUT2D eigenvalue weighted by atomic mass is 32.2. The quantitative estimate of drug-likeness (QED) is 0.645. The highest BCUT2D eigenvalue weighted by molar-refractivity contribution is 8.02. The van der Waals surface area contributed by atoms with Crippen LogP contribution in [0.1, 0.15) is 36.0 Å². The third-order valence-corrected chi connectivity index (χ3v) is 6.28. The smallest absolute Gasteiger partial charge is 0.354 e. The minimum atomic E-state index is -4.49. The van der Waals surface area contributed by atoms with Crippen molar-refractivity contribution in [2.75, 3.05) is 13.1 Å². The number of halogens is 3. The van der Waals surface area contributed by atoms with Gasteiger partial charge in [-0.25, -0.2) is 0 Å². The van der Waals surface area contributed by atoms with Crippen LogP contribution in [0.2, 0.25) is 0 Å². The second kappa shape index (κ2) is 9.72. The fourth-order valence-electron chi connectivity index (χ4n) is 3.23. The Bertz CT molecular complexity index is 922. The molecule has 3 rings (SSSR count). The lowest BCUT2D eigenvalue weighted by atomic mass is 10.1. The van der Waals surface area contributed by atoms with Crippen LogP contribution in [0, 0.1) is 5.92 Å². The molecule has 1 aromatic carbocycles. The summed E-state index contributed by atoms with van der Waals surface area (Å²) in [5.74, 6) is -0.601. The van der Waals surface area contributed by atoms with Gasteiger partial charge in [-0.15, -0.1) is 11.8 Å². The molecule has 166 valence electrons. The van der Waals surface area contributed by atoms with E-state index in [0.29, 0.717) is 18.5 Å². The van der Waals surface area contributed by atoms with E-state index >= 15 is 0 Å². The van der Waals surface area contributed by atoms with Crippen molar-refractivity contribution in [2.45, 2.75) is 37.1 Å². The zero-order valence-electron chi connectivity index (χ0n) is 17.2. The fourth-order valence-corrected chi connectivity index (χ4v) is 4.61. The molecule has 1 aliphatic heterocycles. The Morgan fingerprint density at radius 2 is 2.00 bits per heavy atom. The summed E-state index contributed by atoms with van der Waals surface area (Å²) in [5, 5.41) is 1.07. The molecular formula is C22H24F3N3O2S. The molecule has 1 fully saturated rings. The van der Waals surface area contributed by atoms with E-state index in [1.165, 1.54) is 11.0 Å². The van der Waals surface area contributed by atoms with Crippen molar-refractivity contribution in [3.05, 3.63) is 65.5 Å². The lowest BCUT2D eigenvalue weighted by molar-refractivity contribution is -0.137. The van der Waals surface area contributed by atoms with Gasteiger partial charge < -0.3 is 10.2 Å². The van der Waals surface area contributed by atoms with Gasteiger partial charge in [-0.1, -0.05) is 32.0 Å². The standard InChI is InChI=1S/C22H24F3N3O2S/c1-14(2)13-27-19(29)18-20(30)28(11-9-17-8-3-4-10-26-17)21(31-18)15-6-5-7-16(12-15)22(23,24)25/h3-8,10,12,14,18,21H,9,11,13H2,1-2H3,(H,27,29). The predicted molar refractivity (Wildman–Crippen MR) is 113 cm³/mol. The zero-order valence-corrected chi connectivity index (χ0v) is 18.0. The first kappa shape index (κ1) is 23.1. The second-order valence-electron chi connectivity index (χ2n) is 7.73. The lowest BCUT2D eigenvalue weighted by Crippen LogP contribution is -2.41. The van der Waals surface area contributed by atoms with Crippen LogP contribution in [0.4, 0.5) is 13.2 Å². The number of carbonyl (C=O) groups excluding carboxylic acids is 2. The third-order valence-electron chi connectivity index (χ3n) is 4.81. The molecule has 0 aliphatic carbocycles. The second-order valence-corrected chi connectivity index (χ2v) is 8.92. The molecule has 0 bridgehead atoms. The summed E-state index contributed by atoms with van der Waals surface area (Å²) >= 11 is 1.07. The number of alkyl halides is 3. The Morgan fingerprint density at radius 1 is 1.23 bits per heavy atom.